The summed E-state index contributed by atoms with van der Waals surface area (Å²) in [6, 6.07) is 7.14. The fraction of sp³-hybridized carbons (Fsp3) is 0.357. The molecule has 1 fully saturated rings. The molecule has 1 aliphatic heterocycles. The normalized spacial score (nSPS) is 37.7. The molecule has 1 aromatic rings. The number of fused-ring (bicyclic) bond motifs is 7. The first-order valence-corrected chi connectivity index (χ1v) is 6.29. The number of hydrogen-bond donors (Lipinski definition) is 0. The van der Waals surface area contributed by atoms with Crippen LogP contribution in [0, 0.1) is 22.0 Å². The smallest absolute Gasteiger partial charge is 0.391 e. The van der Waals surface area contributed by atoms with E-state index in [0.717, 1.165) is 5.56 Å². The molecule has 2 bridgehead atoms. The van der Waals surface area contributed by atoms with Crippen LogP contribution in [0.1, 0.15) is 17.9 Å². The Balaban J connectivity index is 2.01. The van der Waals surface area contributed by atoms with Crippen LogP contribution in [0.25, 0.3) is 0 Å². The Bertz CT molecular complexity index is 638. The summed E-state index contributed by atoms with van der Waals surface area (Å²) in [7, 11) is 0. The van der Waals surface area contributed by atoms with Gasteiger partial charge in [0, 0.05) is 10.5 Å². The maximum absolute atomic E-state index is 12.3. The zero-order valence-electron chi connectivity index (χ0n) is 9.98. The highest BCUT2D eigenvalue weighted by molar-refractivity contribution is 5.87. The average molecular weight is 257 g/mol. The molecule has 0 aromatic heterocycles. The lowest BCUT2D eigenvalue weighted by Crippen LogP contribution is -2.58. The Morgan fingerprint density at radius 1 is 1.32 bits per heavy atom. The molecule has 5 nitrogen and oxygen atoms in total. The van der Waals surface area contributed by atoms with Crippen molar-refractivity contribution in [3.63, 3.8) is 0 Å². The molecular formula is C14H11NO4. The molecule has 4 rings (SSSR count). The number of nitrogens with zero attached hydrogens (tertiary/aromatic N) is 1. The second kappa shape index (κ2) is 3.23. The summed E-state index contributed by atoms with van der Waals surface area (Å²) in [5.74, 6) is -0.924. The summed E-state index contributed by atoms with van der Waals surface area (Å²) in [4.78, 5) is 23.5. The van der Waals surface area contributed by atoms with Gasteiger partial charge in [0.2, 0.25) is 0 Å². The van der Waals surface area contributed by atoms with E-state index in [9.17, 15) is 14.9 Å². The third-order valence-electron chi connectivity index (χ3n) is 4.67. The summed E-state index contributed by atoms with van der Waals surface area (Å²) in [6.45, 7) is 0. The third-order valence-corrected chi connectivity index (χ3v) is 4.67. The van der Waals surface area contributed by atoms with Crippen LogP contribution in [0.4, 0.5) is 0 Å². The van der Waals surface area contributed by atoms with Gasteiger partial charge in [-0.15, -0.1) is 0 Å². The fourth-order valence-electron chi connectivity index (χ4n) is 3.94. The van der Waals surface area contributed by atoms with Gasteiger partial charge in [0.15, 0.2) is 0 Å². The van der Waals surface area contributed by atoms with Gasteiger partial charge in [-0.1, -0.05) is 30.4 Å². The third kappa shape index (κ3) is 1.04. The second-order valence-corrected chi connectivity index (χ2v) is 5.38. The summed E-state index contributed by atoms with van der Waals surface area (Å²) in [5.41, 5.74) is -0.830. The van der Waals surface area contributed by atoms with Gasteiger partial charge < -0.3 is 4.74 Å². The molecule has 0 spiro atoms. The van der Waals surface area contributed by atoms with E-state index < -0.39 is 22.3 Å². The highest BCUT2D eigenvalue weighted by atomic mass is 16.6. The molecule has 0 amide bonds. The van der Waals surface area contributed by atoms with E-state index >= 15 is 0 Å². The van der Waals surface area contributed by atoms with Crippen LogP contribution < -0.4 is 4.74 Å². The van der Waals surface area contributed by atoms with Crippen molar-refractivity contribution in [2.75, 3.05) is 0 Å². The molecule has 1 aromatic carbocycles. The SMILES string of the molecule is O=C1Oc2ccccc2[C@@H]2[C@H]3C=C[C@H](C3)[C@]12[N+](=O)[O-]. The van der Waals surface area contributed by atoms with Crippen molar-refractivity contribution in [3.05, 3.63) is 52.1 Å². The number of ether oxygens (including phenoxy) is 1. The Hall–Kier alpha value is -2.17. The van der Waals surface area contributed by atoms with Crippen LogP contribution >= 0.6 is 0 Å². The molecule has 0 N–H and O–H groups in total. The van der Waals surface area contributed by atoms with Crippen LogP contribution in [0.5, 0.6) is 5.75 Å². The Labute approximate surface area is 109 Å². The molecule has 2 aliphatic carbocycles. The van der Waals surface area contributed by atoms with Gasteiger partial charge in [0.05, 0.1) is 11.8 Å². The molecule has 3 aliphatic rings. The predicted molar refractivity (Wildman–Crippen MR) is 65.3 cm³/mol. The first-order valence-electron chi connectivity index (χ1n) is 6.29. The zero-order valence-corrected chi connectivity index (χ0v) is 9.98. The first-order chi connectivity index (χ1) is 9.15. The number of esters is 1. The number of carbonyl (C=O) groups is 1. The van der Waals surface area contributed by atoms with E-state index in [2.05, 4.69) is 0 Å². The Morgan fingerprint density at radius 3 is 2.89 bits per heavy atom. The number of hydrogen-bond acceptors (Lipinski definition) is 4. The van der Waals surface area contributed by atoms with Gasteiger partial charge in [-0.05, 0) is 18.4 Å². The molecule has 4 atom stereocenters. The molecule has 0 unspecified atom stereocenters. The number of benzene rings is 1. The topological polar surface area (TPSA) is 69.4 Å². The predicted octanol–water partition coefficient (Wildman–Crippen LogP) is 1.91. The molecule has 96 valence electrons. The quantitative estimate of drug-likeness (QED) is 0.253. The highest BCUT2D eigenvalue weighted by Crippen LogP contribution is 2.60. The van der Waals surface area contributed by atoms with Gasteiger partial charge in [0.25, 0.3) is 0 Å². The van der Waals surface area contributed by atoms with Crippen LogP contribution in [0.15, 0.2) is 36.4 Å². The van der Waals surface area contributed by atoms with Gasteiger partial charge >= 0.3 is 11.5 Å². The highest BCUT2D eigenvalue weighted by Gasteiger charge is 2.73. The van der Waals surface area contributed by atoms with E-state index in [1.807, 2.05) is 18.2 Å². The zero-order chi connectivity index (χ0) is 13.2. The summed E-state index contributed by atoms with van der Waals surface area (Å²) < 4.78 is 5.25. The van der Waals surface area contributed by atoms with Crippen LogP contribution in [-0.2, 0) is 4.79 Å². The molecule has 1 heterocycles. The van der Waals surface area contributed by atoms with Crippen LogP contribution in [0.3, 0.4) is 0 Å². The monoisotopic (exact) mass is 257 g/mol. The van der Waals surface area contributed by atoms with Crippen molar-refractivity contribution >= 4 is 5.97 Å². The molecule has 0 saturated heterocycles. The van der Waals surface area contributed by atoms with E-state index in [0.29, 0.717) is 12.2 Å². The van der Waals surface area contributed by atoms with E-state index in [1.165, 1.54) is 0 Å². The summed E-state index contributed by atoms with van der Waals surface area (Å²) >= 11 is 0. The molecule has 1 saturated carbocycles. The number of carbonyl (C=O) groups excluding carboxylic acids is 1. The van der Waals surface area contributed by atoms with E-state index in [1.54, 1.807) is 18.2 Å². The van der Waals surface area contributed by atoms with E-state index in [4.69, 9.17) is 4.74 Å². The second-order valence-electron chi connectivity index (χ2n) is 5.38. The maximum Gasteiger partial charge on any atom is 0.391 e. The first kappa shape index (κ1) is 10.7. The van der Waals surface area contributed by atoms with E-state index in [-0.39, 0.29) is 11.8 Å². The van der Waals surface area contributed by atoms with Crippen molar-refractivity contribution in [3.8, 4) is 5.75 Å². The minimum Gasteiger partial charge on any atom is -0.421 e. The van der Waals surface area contributed by atoms with Crippen molar-refractivity contribution in [2.24, 2.45) is 11.8 Å². The van der Waals surface area contributed by atoms with Gasteiger partial charge in [-0.25, -0.2) is 4.79 Å². The lowest BCUT2D eigenvalue weighted by molar-refractivity contribution is -0.564. The fourth-order valence-corrected chi connectivity index (χ4v) is 3.94. The Kier molecular flexibility index (Phi) is 1.82. The average Bonchev–Trinajstić information content (AvgIpc) is 2.98. The van der Waals surface area contributed by atoms with Crippen molar-refractivity contribution in [1.29, 1.82) is 0 Å². The van der Waals surface area contributed by atoms with Gasteiger partial charge in [0.1, 0.15) is 5.75 Å². The van der Waals surface area contributed by atoms with Crippen LogP contribution in [0.2, 0.25) is 0 Å². The minimum absolute atomic E-state index is 0.0596. The summed E-state index contributed by atoms with van der Waals surface area (Å²) in [6.07, 6.45) is 4.47. The minimum atomic E-state index is -1.62. The van der Waals surface area contributed by atoms with Crippen molar-refractivity contribution in [1.82, 2.24) is 0 Å². The summed E-state index contributed by atoms with van der Waals surface area (Å²) in [5, 5.41) is 11.6. The maximum atomic E-state index is 12.3. The number of para-hydroxylation sites is 1. The molecule has 0 radical (unpaired) electrons. The van der Waals surface area contributed by atoms with Crippen LogP contribution in [-0.4, -0.2) is 16.4 Å². The number of nitro groups is 1. The molecular weight excluding hydrogens is 246 g/mol. The van der Waals surface area contributed by atoms with Gasteiger partial charge in [-0.2, -0.15) is 0 Å². The standard InChI is InChI=1S/C14H11NO4/c16-13-14(15(17)18)9-6-5-8(7-9)12(14)10-3-1-2-4-11(10)19-13/h1-6,8-9,12H,7H2/t8-,9+,12-,14+/m0/s1. The molecule has 19 heavy (non-hydrogen) atoms. The Morgan fingerprint density at radius 2 is 2.11 bits per heavy atom. The van der Waals surface area contributed by atoms with Crippen molar-refractivity contribution < 1.29 is 14.5 Å². The lowest BCUT2D eigenvalue weighted by atomic mass is 9.71. The number of rotatable bonds is 1. The van der Waals surface area contributed by atoms with Gasteiger partial charge in [-0.3, -0.25) is 10.1 Å². The molecule has 5 heteroatoms. The largest absolute Gasteiger partial charge is 0.421 e. The van der Waals surface area contributed by atoms with Crippen molar-refractivity contribution in [2.45, 2.75) is 17.9 Å². The number of allylic oxidation sites excluding steroid dienone is 1. The lowest BCUT2D eigenvalue weighted by Gasteiger charge is -2.36.